The molecule has 0 atom stereocenters. The fourth-order valence-electron chi connectivity index (χ4n) is 1.13. The summed E-state index contributed by atoms with van der Waals surface area (Å²) in [5.74, 6) is 0.827. The maximum atomic E-state index is 10.9. The fourth-order valence-corrected chi connectivity index (χ4v) is 1.13. The van der Waals surface area contributed by atoms with Crippen molar-refractivity contribution < 1.29 is 14.3 Å². The maximum absolute atomic E-state index is 10.9. The third-order valence-corrected chi connectivity index (χ3v) is 2.03. The van der Waals surface area contributed by atoms with Crippen molar-refractivity contribution in [3.63, 3.8) is 0 Å². The lowest BCUT2D eigenvalue weighted by atomic mass is 10.2. The highest BCUT2D eigenvalue weighted by Gasteiger charge is 1.99. The molecule has 1 N–H and O–H groups in total. The molecule has 0 aliphatic rings. The number of carbonyl (C=O) groups is 1. The van der Waals surface area contributed by atoms with Crippen molar-refractivity contribution in [2.75, 3.05) is 19.5 Å². The molecule has 0 radical (unpaired) electrons. The molecule has 86 valence electrons. The molecule has 0 aromatic heterocycles. The van der Waals surface area contributed by atoms with E-state index in [1.807, 2.05) is 25.1 Å². The van der Waals surface area contributed by atoms with Crippen LogP contribution in [0.25, 0.3) is 6.08 Å². The third-order valence-electron chi connectivity index (χ3n) is 2.03. The van der Waals surface area contributed by atoms with Gasteiger partial charge >= 0.3 is 6.09 Å². The molecule has 1 amide bonds. The molecule has 0 saturated carbocycles. The van der Waals surface area contributed by atoms with Crippen molar-refractivity contribution in [1.29, 1.82) is 0 Å². The Morgan fingerprint density at radius 1 is 1.19 bits per heavy atom. The smallest absolute Gasteiger partial charge is 0.411 e. The lowest BCUT2D eigenvalue weighted by molar-refractivity contribution is 0.187. The summed E-state index contributed by atoms with van der Waals surface area (Å²) >= 11 is 0. The fraction of sp³-hybridized carbons (Fsp3) is 0.250. The monoisotopic (exact) mass is 221 g/mol. The van der Waals surface area contributed by atoms with E-state index >= 15 is 0 Å². The minimum atomic E-state index is -0.476. The van der Waals surface area contributed by atoms with Gasteiger partial charge < -0.3 is 9.47 Å². The second-order valence-electron chi connectivity index (χ2n) is 3.20. The molecule has 0 aliphatic heterocycles. The minimum Gasteiger partial charge on any atom is -0.501 e. The lowest BCUT2D eigenvalue weighted by Crippen LogP contribution is -2.10. The van der Waals surface area contributed by atoms with Crippen LogP contribution < -0.4 is 5.32 Å². The standard InChI is InChI=1S/C12H15NO3/c1-9(15-2)8-10-4-6-11(7-5-10)13-12(14)16-3/h4-8H,1-3H3,(H,13,14)/b9-8+. The van der Waals surface area contributed by atoms with E-state index in [2.05, 4.69) is 10.1 Å². The molecule has 0 unspecified atom stereocenters. The molecule has 4 nitrogen and oxygen atoms in total. The highest BCUT2D eigenvalue weighted by atomic mass is 16.5. The summed E-state index contributed by atoms with van der Waals surface area (Å²) in [6, 6.07) is 7.36. The van der Waals surface area contributed by atoms with Gasteiger partial charge in [0.15, 0.2) is 0 Å². The Balaban J connectivity index is 2.72. The Morgan fingerprint density at radius 2 is 1.81 bits per heavy atom. The van der Waals surface area contributed by atoms with Gasteiger partial charge in [-0.3, -0.25) is 5.32 Å². The van der Waals surface area contributed by atoms with Gasteiger partial charge in [0.1, 0.15) is 0 Å². The van der Waals surface area contributed by atoms with Crippen LogP contribution in [0, 0.1) is 0 Å². The van der Waals surface area contributed by atoms with Crippen LogP contribution in [0.4, 0.5) is 10.5 Å². The normalized spacial score (nSPS) is 10.8. The number of methoxy groups -OCH3 is 2. The van der Waals surface area contributed by atoms with Crippen molar-refractivity contribution >= 4 is 17.9 Å². The molecule has 0 fully saturated rings. The number of carbonyl (C=O) groups excluding carboxylic acids is 1. The summed E-state index contributed by atoms with van der Waals surface area (Å²) in [5, 5.41) is 2.57. The number of allylic oxidation sites excluding steroid dienone is 1. The minimum absolute atomic E-state index is 0.476. The number of benzene rings is 1. The predicted octanol–water partition coefficient (Wildman–Crippen LogP) is 2.87. The van der Waals surface area contributed by atoms with E-state index in [1.165, 1.54) is 7.11 Å². The van der Waals surface area contributed by atoms with Crippen molar-refractivity contribution in [2.45, 2.75) is 6.92 Å². The van der Waals surface area contributed by atoms with E-state index in [1.54, 1.807) is 19.2 Å². The van der Waals surface area contributed by atoms with Gasteiger partial charge in [0.2, 0.25) is 0 Å². The van der Waals surface area contributed by atoms with Crippen LogP contribution in [0.3, 0.4) is 0 Å². The zero-order valence-corrected chi connectivity index (χ0v) is 9.61. The van der Waals surface area contributed by atoms with Crippen LogP contribution in [-0.4, -0.2) is 20.3 Å². The predicted molar refractivity (Wildman–Crippen MR) is 63.1 cm³/mol. The topological polar surface area (TPSA) is 47.6 Å². The zero-order valence-electron chi connectivity index (χ0n) is 9.61. The van der Waals surface area contributed by atoms with Gasteiger partial charge in [0, 0.05) is 5.69 Å². The van der Waals surface area contributed by atoms with Crippen molar-refractivity contribution in [3.05, 3.63) is 35.6 Å². The Labute approximate surface area is 94.9 Å². The summed E-state index contributed by atoms with van der Waals surface area (Å²) in [4.78, 5) is 10.9. The van der Waals surface area contributed by atoms with Crippen LogP contribution in [0.5, 0.6) is 0 Å². The Morgan fingerprint density at radius 3 is 2.31 bits per heavy atom. The maximum Gasteiger partial charge on any atom is 0.411 e. The highest BCUT2D eigenvalue weighted by molar-refractivity contribution is 5.84. The Kier molecular flexibility index (Phi) is 4.39. The first-order chi connectivity index (χ1) is 7.65. The molecule has 1 aromatic carbocycles. The van der Waals surface area contributed by atoms with Crippen LogP contribution in [-0.2, 0) is 9.47 Å². The average molecular weight is 221 g/mol. The van der Waals surface area contributed by atoms with Gasteiger partial charge in [-0.1, -0.05) is 12.1 Å². The number of amides is 1. The van der Waals surface area contributed by atoms with Gasteiger partial charge in [-0.15, -0.1) is 0 Å². The number of rotatable bonds is 3. The average Bonchev–Trinajstić information content (AvgIpc) is 2.31. The quantitative estimate of drug-likeness (QED) is 0.798. The number of nitrogens with one attached hydrogen (secondary N) is 1. The highest BCUT2D eigenvalue weighted by Crippen LogP contribution is 2.12. The summed E-state index contributed by atoms with van der Waals surface area (Å²) < 4.78 is 9.52. The molecule has 0 aliphatic carbocycles. The van der Waals surface area contributed by atoms with Crippen LogP contribution in [0.15, 0.2) is 30.0 Å². The summed E-state index contributed by atoms with van der Waals surface area (Å²) in [6.45, 7) is 1.88. The van der Waals surface area contributed by atoms with E-state index in [0.717, 1.165) is 11.3 Å². The van der Waals surface area contributed by atoms with E-state index < -0.39 is 6.09 Å². The lowest BCUT2D eigenvalue weighted by Gasteiger charge is -2.04. The number of hydrogen-bond donors (Lipinski definition) is 1. The Bertz CT molecular complexity index is 382. The number of anilines is 1. The molecule has 4 heteroatoms. The van der Waals surface area contributed by atoms with E-state index in [0.29, 0.717) is 5.69 Å². The molecular formula is C12H15NO3. The largest absolute Gasteiger partial charge is 0.501 e. The first kappa shape index (κ1) is 12.1. The van der Waals surface area contributed by atoms with Crippen molar-refractivity contribution in [1.82, 2.24) is 0 Å². The molecule has 0 saturated heterocycles. The van der Waals surface area contributed by atoms with Gasteiger partial charge in [0.05, 0.1) is 20.0 Å². The van der Waals surface area contributed by atoms with E-state index in [4.69, 9.17) is 4.74 Å². The van der Waals surface area contributed by atoms with Crippen molar-refractivity contribution in [3.8, 4) is 0 Å². The summed E-state index contributed by atoms with van der Waals surface area (Å²) in [6.07, 6.45) is 1.43. The molecule has 1 aromatic rings. The van der Waals surface area contributed by atoms with E-state index in [9.17, 15) is 4.79 Å². The second kappa shape index (κ2) is 5.80. The SMILES string of the molecule is COC(=O)Nc1ccc(/C=C(\C)OC)cc1. The van der Waals surface area contributed by atoms with Crippen LogP contribution in [0.2, 0.25) is 0 Å². The van der Waals surface area contributed by atoms with Gasteiger partial charge in [-0.2, -0.15) is 0 Å². The molecule has 0 heterocycles. The second-order valence-corrected chi connectivity index (χ2v) is 3.20. The molecule has 0 bridgehead atoms. The van der Waals surface area contributed by atoms with E-state index in [-0.39, 0.29) is 0 Å². The molecule has 0 spiro atoms. The van der Waals surface area contributed by atoms with Crippen molar-refractivity contribution in [2.24, 2.45) is 0 Å². The zero-order chi connectivity index (χ0) is 12.0. The number of ether oxygens (including phenoxy) is 2. The molecule has 1 rings (SSSR count). The van der Waals surface area contributed by atoms with Gasteiger partial charge in [-0.05, 0) is 30.7 Å². The molecule has 16 heavy (non-hydrogen) atoms. The van der Waals surface area contributed by atoms with Crippen LogP contribution >= 0.6 is 0 Å². The third kappa shape index (κ3) is 3.65. The molecular weight excluding hydrogens is 206 g/mol. The summed E-state index contributed by atoms with van der Waals surface area (Å²) in [5.41, 5.74) is 1.70. The van der Waals surface area contributed by atoms with Crippen LogP contribution in [0.1, 0.15) is 12.5 Å². The first-order valence-corrected chi connectivity index (χ1v) is 4.83. The Hall–Kier alpha value is -1.97. The van der Waals surface area contributed by atoms with Gasteiger partial charge in [-0.25, -0.2) is 4.79 Å². The number of hydrogen-bond acceptors (Lipinski definition) is 3. The summed E-state index contributed by atoms with van der Waals surface area (Å²) in [7, 11) is 2.95. The first-order valence-electron chi connectivity index (χ1n) is 4.83. The van der Waals surface area contributed by atoms with Gasteiger partial charge in [0.25, 0.3) is 0 Å².